The van der Waals surface area contributed by atoms with Crippen molar-refractivity contribution in [2.75, 3.05) is 0 Å². The second kappa shape index (κ2) is 5.43. The highest BCUT2D eigenvalue weighted by Gasteiger charge is 2.13. The van der Waals surface area contributed by atoms with Crippen LogP contribution in [0.3, 0.4) is 0 Å². The number of benzene rings is 2. The minimum absolute atomic E-state index is 0.297. The fraction of sp³-hybridized carbons (Fsp3) is 0.0625. The van der Waals surface area contributed by atoms with Gasteiger partial charge in [-0.25, -0.2) is 4.79 Å². The van der Waals surface area contributed by atoms with E-state index in [4.69, 9.17) is 23.2 Å². The lowest BCUT2D eigenvalue weighted by Gasteiger charge is -2.06. The van der Waals surface area contributed by atoms with Gasteiger partial charge in [0.15, 0.2) is 0 Å². The Morgan fingerprint density at radius 1 is 1.10 bits per heavy atom. The summed E-state index contributed by atoms with van der Waals surface area (Å²) in [5, 5.41) is 11.0. The normalized spacial score (nSPS) is 11.0. The van der Waals surface area contributed by atoms with Crippen LogP contribution in [0.5, 0.6) is 0 Å². The average molecular weight is 320 g/mol. The molecule has 0 unspecified atom stereocenters. The molecule has 0 atom stereocenters. The Morgan fingerprint density at radius 2 is 1.86 bits per heavy atom. The molecule has 5 heteroatoms. The molecule has 3 rings (SSSR count). The molecule has 0 aliphatic heterocycles. The largest absolute Gasteiger partial charge is 0.478 e. The molecule has 0 saturated heterocycles. The van der Waals surface area contributed by atoms with Gasteiger partial charge in [-0.05, 0) is 23.8 Å². The molecule has 0 bridgehead atoms. The first kappa shape index (κ1) is 14.0. The third-order valence-corrected chi connectivity index (χ3v) is 4.09. The van der Waals surface area contributed by atoms with Gasteiger partial charge in [-0.2, -0.15) is 0 Å². The number of carboxylic acid groups (broad SMARTS) is 1. The lowest BCUT2D eigenvalue weighted by atomic mass is 10.2. The van der Waals surface area contributed by atoms with Gasteiger partial charge in [0.2, 0.25) is 0 Å². The molecule has 21 heavy (non-hydrogen) atoms. The Balaban J connectivity index is 2.08. The van der Waals surface area contributed by atoms with Crippen molar-refractivity contribution in [3.63, 3.8) is 0 Å². The predicted molar refractivity (Wildman–Crippen MR) is 84.5 cm³/mol. The van der Waals surface area contributed by atoms with E-state index in [9.17, 15) is 9.90 Å². The fourth-order valence-electron chi connectivity index (χ4n) is 2.38. The number of carbonyl (C=O) groups is 1. The van der Waals surface area contributed by atoms with E-state index in [2.05, 4.69) is 0 Å². The lowest BCUT2D eigenvalue weighted by Crippen LogP contribution is -1.99. The van der Waals surface area contributed by atoms with E-state index < -0.39 is 5.97 Å². The second-order valence-electron chi connectivity index (χ2n) is 4.74. The molecule has 0 spiro atoms. The number of rotatable bonds is 3. The zero-order valence-electron chi connectivity index (χ0n) is 10.9. The van der Waals surface area contributed by atoms with E-state index in [1.807, 2.05) is 34.9 Å². The minimum Gasteiger partial charge on any atom is -0.478 e. The number of halogens is 2. The maximum absolute atomic E-state index is 11.3. The van der Waals surface area contributed by atoms with Gasteiger partial charge < -0.3 is 9.67 Å². The van der Waals surface area contributed by atoms with E-state index in [1.165, 1.54) is 0 Å². The quantitative estimate of drug-likeness (QED) is 0.760. The van der Waals surface area contributed by atoms with Crippen LogP contribution in [0.2, 0.25) is 10.0 Å². The summed E-state index contributed by atoms with van der Waals surface area (Å²) in [7, 11) is 0. The van der Waals surface area contributed by atoms with Crippen LogP contribution < -0.4 is 0 Å². The summed E-state index contributed by atoms with van der Waals surface area (Å²) < 4.78 is 1.90. The Bertz CT molecular complexity index is 839. The Labute approximate surface area is 131 Å². The maximum atomic E-state index is 11.3. The summed E-state index contributed by atoms with van der Waals surface area (Å²) >= 11 is 11.9. The molecule has 1 heterocycles. The van der Waals surface area contributed by atoms with Crippen LogP contribution in [0.4, 0.5) is 0 Å². The first-order valence-electron chi connectivity index (χ1n) is 6.31. The molecule has 1 N–H and O–H groups in total. The van der Waals surface area contributed by atoms with Crippen LogP contribution in [0.15, 0.2) is 48.7 Å². The van der Waals surface area contributed by atoms with Crippen molar-refractivity contribution in [2.45, 2.75) is 6.54 Å². The van der Waals surface area contributed by atoms with Crippen molar-refractivity contribution >= 4 is 40.1 Å². The Morgan fingerprint density at radius 3 is 2.57 bits per heavy atom. The number of nitrogens with zero attached hydrogens (tertiary/aromatic N) is 1. The average Bonchev–Trinajstić information content (AvgIpc) is 2.82. The molecule has 0 amide bonds. The van der Waals surface area contributed by atoms with Gasteiger partial charge in [0.25, 0.3) is 0 Å². The smallest absolute Gasteiger partial charge is 0.337 e. The molecule has 2 aromatic carbocycles. The zero-order valence-corrected chi connectivity index (χ0v) is 12.4. The highest BCUT2D eigenvalue weighted by molar-refractivity contribution is 6.42. The monoisotopic (exact) mass is 319 g/mol. The molecule has 0 radical (unpaired) electrons. The van der Waals surface area contributed by atoms with Crippen molar-refractivity contribution < 1.29 is 9.90 Å². The molecular formula is C16H11Cl2NO2. The fourth-order valence-corrected chi connectivity index (χ4v) is 2.70. The summed E-state index contributed by atoms with van der Waals surface area (Å²) in [5.41, 5.74) is 2.13. The predicted octanol–water partition coefficient (Wildman–Crippen LogP) is 4.69. The number of fused-ring (bicyclic) bond motifs is 1. The lowest BCUT2D eigenvalue weighted by molar-refractivity contribution is 0.0699. The summed E-state index contributed by atoms with van der Waals surface area (Å²) in [6.45, 7) is 0.532. The summed E-state index contributed by atoms with van der Waals surface area (Å²) in [6.07, 6.45) is 1.65. The second-order valence-corrected chi connectivity index (χ2v) is 5.56. The van der Waals surface area contributed by atoms with Gasteiger partial charge in [0.05, 0.1) is 15.6 Å². The van der Waals surface area contributed by atoms with Crippen LogP contribution in [0.1, 0.15) is 15.9 Å². The maximum Gasteiger partial charge on any atom is 0.337 e. The summed E-state index contributed by atoms with van der Waals surface area (Å²) in [5.74, 6) is -0.931. The van der Waals surface area contributed by atoms with Crippen molar-refractivity contribution in [3.8, 4) is 0 Å². The van der Waals surface area contributed by atoms with E-state index in [0.29, 0.717) is 22.2 Å². The van der Waals surface area contributed by atoms with Crippen molar-refractivity contribution in [2.24, 2.45) is 0 Å². The molecule has 0 aliphatic carbocycles. The van der Waals surface area contributed by atoms with E-state index >= 15 is 0 Å². The van der Waals surface area contributed by atoms with Crippen LogP contribution in [0, 0.1) is 0 Å². The van der Waals surface area contributed by atoms with Crippen LogP contribution >= 0.6 is 23.2 Å². The van der Waals surface area contributed by atoms with Gasteiger partial charge in [-0.1, -0.05) is 47.5 Å². The van der Waals surface area contributed by atoms with E-state index in [-0.39, 0.29) is 0 Å². The zero-order chi connectivity index (χ0) is 15.0. The number of hydrogen-bond donors (Lipinski definition) is 1. The van der Waals surface area contributed by atoms with Crippen LogP contribution in [-0.2, 0) is 6.54 Å². The first-order valence-corrected chi connectivity index (χ1v) is 7.07. The van der Waals surface area contributed by atoms with Crippen molar-refractivity contribution in [3.05, 3.63) is 69.8 Å². The van der Waals surface area contributed by atoms with E-state index in [1.54, 1.807) is 18.3 Å². The molecule has 1 aromatic heterocycles. The molecule has 0 fully saturated rings. The van der Waals surface area contributed by atoms with Crippen molar-refractivity contribution in [1.82, 2.24) is 4.57 Å². The highest BCUT2D eigenvalue weighted by Crippen LogP contribution is 2.25. The highest BCUT2D eigenvalue weighted by atomic mass is 35.5. The molecule has 3 aromatic rings. The number of hydrogen-bond acceptors (Lipinski definition) is 1. The summed E-state index contributed by atoms with van der Waals surface area (Å²) in [6, 6.07) is 12.8. The summed E-state index contributed by atoms with van der Waals surface area (Å²) in [4.78, 5) is 11.3. The third-order valence-electron chi connectivity index (χ3n) is 3.36. The molecule has 106 valence electrons. The molecular weight excluding hydrogens is 309 g/mol. The van der Waals surface area contributed by atoms with Gasteiger partial charge >= 0.3 is 5.97 Å². The first-order chi connectivity index (χ1) is 10.1. The van der Waals surface area contributed by atoms with Crippen LogP contribution in [-0.4, -0.2) is 15.6 Å². The van der Waals surface area contributed by atoms with Gasteiger partial charge in [0.1, 0.15) is 0 Å². The SMILES string of the molecule is O=C(O)c1cn(Cc2ccc(Cl)c(Cl)c2)c2ccccc12. The third kappa shape index (κ3) is 2.62. The minimum atomic E-state index is -0.931. The molecule has 0 saturated carbocycles. The van der Waals surface area contributed by atoms with Gasteiger partial charge in [-0.15, -0.1) is 0 Å². The van der Waals surface area contributed by atoms with Crippen molar-refractivity contribution in [1.29, 1.82) is 0 Å². The number of aromatic carboxylic acids is 1. The molecule has 3 nitrogen and oxygen atoms in total. The Kier molecular flexibility index (Phi) is 3.62. The van der Waals surface area contributed by atoms with E-state index in [0.717, 1.165) is 16.5 Å². The van der Waals surface area contributed by atoms with Gasteiger partial charge in [0, 0.05) is 23.6 Å². The molecule has 0 aliphatic rings. The van der Waals surface area contributed by atoms with Gasteiger partial charge in [-0.3, -0.25) is 0 Å². The Hall–Kier alpha value is -1.97. The number of carboxylic acids is 1. The topological polar surface area (TPSA) is 42.2 Å². The number of aromatic nitrogens is 1. The van der Waals surface area contributed by atoms with Crippen LogP contribution in [0.25, 0.3) is 10.9 Å². The number of para-hydroxylation sites is 1. The standard InChI is InChI=1S/C16H11Cl2NO2/c17-13-6-5-10(7-14(13)18)8-19-9-12(16(20)21)11-3-1-2-4-15(11)19/h1-7,9H,8H2,(H,20,21).